The van der Waals surface area contributed by atoms with Crippen LogP contribution in [0.3, 0.4) is 0 Å². The van der Waals surface area contributed by atoms with Gasteiger partial charge in [0.25, 0.3) is 0 Å². The number of hydrogen-bond acceptors (Lipinski definition) is 7. The highest BCUT2D eigenvalue weighted by Crippen LogP contribution is 2.45. The zero-order chi connectivity index (χ0) is 26.8. The van der Waals surface area contributed by atoms with Gasteiger partial charge in [0.05, 0.1) is 5.56 Å². The average molecular weight is 542 g/mol. The molecule has 1 aromatic carbocycles. The molecule has 4 heterocycles. The molecule has 2 aliphatic heterocycles. The van der Waals surface area contributed by atoms with Crippen LogP contribution in [0.1, 0.15) is 60.5 Å². The summed E-state index contributed by atoms with van der Waals surface area (Å²) < 4.78 is 88.1. The van der Waals surface area contributed by atoms with Crippen LogP contribution in [-0.2, 0) is 6.18 Å². The molecule has 204 valence electrons. The third kappa shape index (κ3) is 4.47. The van der Waals surface area contributed by atoms with Crippen LogP contribution in [0.4, 0.5) is 38.3 Å². The van der Waals surface area contributed by atoms with Gasteiger partial charge < -0.3 is 14.6 Å². The standard InChI is InChI=1S/C24H25F6N7O/c1-12-33-34-22(38-12)36-10-14-5-6-15(11-36)19(14)31-21-32-20-17(7-8-18(24(28,29)30)37(20)35-21)13-3-2-4-16(9-13)23(25,26)27/h2-4,9,14-15,17-19H,5-8,10-11H2,1H3,(H,31,35). The van der Waals surface area contributed by atoms with Gasteiger partial charge in [-0.15, -0.1) is 10.2 Å². The van der Waals surface area contributed by atoms with Crippen molar-refractivity contribution in [3.05, 3.63) is 47.1 Å². The molecular formula is C24H25F6N7O. The van der Waals surface area contributed by atoms with Gasteiger partial charge in [-0.1, -0.05) is 23.3 Å². The van der Waals surface area contributed by atoms with Gasteiger partial charge in [-0.3, -0.25) is 0 Å². The van der Waals surface area contributed by atoms with Gasteiger partial charge in [-0.2, -0.15) is 31.3 Å². The van der Waals surface area contributed by atoms with Crippen LogP contribution in [0, 0.1) is 18.8 Å². The van der Waals surface area contributed by atoms with Crippen LogP contribution >= 0.6 is 0 Å². The molecule has 2 fully saturated rings. The lowest BCUT2D eigenvalue weighted by molar-refractivity contribution is -0.175. The van der Waals surface area contributed by atoms with Crippen molar-refractivity contribution in [1.29, 1.82) is 0 Å². The van der Waals surface area contributed by atoms with E-state index in [1.54, 1.807) is 6.92 Å². The fraction of sp³-hybridized carbons (Fsp3) is 0.583. The predicted octanol–water partition coefficient (Wildman–Crippen LogP) is 5.34. The topological polar surface area (TPSA) is 84.9 Å². The van der Waals surface area contributed by atoms with E-state index >= 15 is 0 Å². The van der Waals surface area contributed by atoms with Crippen molar-refractivity contribution in [3.8, 4) is 0 Å². The fourth-order valence-electron chi connectivity index (χ4n) is 6.17. The number of anilines is 2. The molecule has 1 aliphatic carbocycles. The number of rotatable bonds is 4. The van der Waals surface area contributed by atoms with Gasteiger partial charge in [0.1, 0.15) is 11.9 Å². The highest BCUT2D eigenvalue weighted by Gasteiger charge is 2.48. The normalized spacial score (nSPS) is 27.4. The number of hydrogen-bond donors (Lipinski definition) is 1. The van der Waals surface area contributed by atoms with Crippen LogP contribution in [0.15, 0.2) is 28.7 Å². The number of nitrogens with zero attached hydrogens (tertiary/aromatic N) is 6. The molecule has 0 spiro atoms. The number of aromatic nitrogens is 5. The summed E-state index contributed by atoms with van der Waals surface area (Å²) in [5.74, 6) is 0.148. The molecular weight excluding hydrogens is 516 g/mol. The number of benzene rings is 1. The number of aryl methyl sites for hydroxylation is 1. The summed E-state index contributed by atoms with van der Waals surface area (Å²) in [6, 6.07) is 3.20. The van der Waals surface area contributed by atoms with E-state index in [9.17, 15) is 26.3 Å². The summed E-state index contributed by atoms with van der Waals surface area (Å²) in [7, 11) is 0. The van der Waals surface area contributed by atoms with E-state index in [4.69, 9.17) is 4.42 Å². The van der Waals surface area contributed by atoms with Gasteiger partial charge in [-0.25, -0.2) is 4.68 Å². The number of halogens is 6. The van der Waals surface area contributed by atoms with Crippen LogP contribution in [-0.4, -0.2) is 50.3 Å². The van der Waals surface area contributed by atoms with Gasteiger partial charge >= 0.3 is 18.4 Å². The van der Waals surface area contributed by atoms with Gasteiger partial charge in [-0.05, 0) is 49.1 Å². The van der Waals surface area contributed by atoms with Crippen molar-refractivity contribution in [1.82, 2.24) is 25.0 Å². The molecule has 4 unspecified atom stereocenters. The van der Waals surface area contributed by atoms with E-state index in [1.807, 2.05) is 4.90 Å². The first-order valence-corrected chi connectivity index (χ1v) is 12.5. The van der Waals surface area contributed by atoms with Gasteiger partial charge in [0.15, 0.2) is 0 Å². The van der Waals surface area contributed by atoms with E-state index in [-0.39, 0.29) is 48.1 Å². The minimum atomic E-state index is -4.56. The number of nitrogens with one attached hydrogen (secondary N) is 1. The first kappa shape index (κ1) is 25.0. The summed E-state index contributed by atoms with van der Waals surface area (Å²) in [4.78, 5) is 6.46. The summed E-state index contributed by atoms with van der Waals surface area (Å²) in [5.41, 5.74) is -0.582. The second kappa shape index (κ2) is 8.87. The van der Waals surface area contributed by atoms with Gasteiger partial charge in [0, 0.05) is 32.0 Å². The van der Waals surface area contributed by atoms with Crippen LogP contribution in [0.25, 0.3) is 0 Å². The molecule has 6 rings (SSSR count). The fourth-order valence-corrected chi connectivity index (χ4v) is 6.17. The molecule has 14 heteroatoms. The van der Waals surface area contributed by atoms with Crippen LogP contribution in [0.2, 0.25) is 0 Å². The van der Waals surface area contributed by atoms with Crippen molar-refractivity contribution < 1.29 is 30.8 Å². The lowest BCUT2D eigenvalue weighted by Crippen LogP contribution is -2.48. The molecule has 0 amide bonds. The average Bonchev–Trinajstić information content (AvgIpc) is 3.53. The van der Waals surface area contributed by atoms with Crippen molar-refractivity contribution in [3.63, 3.8) is 0 Å². The maximum Gasteiger partial charge on any atom is 0.416 e. The largest absolute Gasteiger partial charge is 0.416 e. The van der Waals surface area contributed by atoms with Gasteiger partial charge in [0.2, 0.25) is 11.8 Å². The van der Waals surface area contributed by atoms with Crippen molar-refractivity contribution >= 4 is 12.0 Å². The predicted molar refractivity (Wildman–Crippen MR) is 123 cm³/mol. The summed E-state index contributed by atoms with van der Waals surface area (Å²) in [6.45, 7) is 3.00. The number of alkyl halides is 6. The Bertz CT molecular complexity index is 1300. The molecule has 38 heavy (non-hydrogen) atoms. The quantitative estimate of drug-likeness (QED) is 0.446. The molecule has 3 aromatic rings. The first-order valence-electron chi connectivity index (χ1n) is 12.5. The summed E-state index contributed by atoms with van der Waals surface area (Å²) in [5, 5.41) is 15.5. The minimum Gasteiger partial charge on any atom is -0.408 e. The van der Waals surface area contributed by atoms with E-state index in [1.165, 1.54) is 12.1 Å². The van der Waals surface area contributed by atoms with E-state index in [0.717, 1.165) is 29.7 Å². The second-order valence-corrected chi connectivity index (χ2v) is 10.3. The monoisotopic (exact) mass is 541 g/mol. The smallest absolute Gasteiger partial charge is 0.408 e. The maximum absolute atomic E-state index is 13.9. The number of fused-ring (bicyclic) bond motifs is 3. The van der Waals surface area contributed by atoms with E-state index in [0.29, 0.717) is 25.0 Å². The molecule has 1 N–H and O–H groups in total. The molecule has 2 aromatic heterocycles. The molecule has 4 atom stereocenters. The Morgan fingerprint density at radius 1 is 0.974 bits per heavy atom. The van der Waals surface area contributed by atoms with Crippen LogP contribution < -0.4 is 10.2 Å². The lowest BCUT2D eigenvalue weighted by atomic mass is 9.87. The maximum atomic E-state index is 13.9. The third-order valence-corrected chi connectivity index (χ3v) is 7.90. The second-order valence-electron chi connectivity index (χ2n) is 10.3. The third-order valence-electron chi connectivity index (χ3n) is 7.90. The van der Waals surface area contributed by atoms with Crippen LogP contribution in [0.5, 0.6) is 0 Å². The zero-order valence-corrected chi connectivity index (χ0v) is 20.3. The molecule has 0 radical (unpaired) electrons. The first-order chi connectivity index (χ1) is 18.0. The molecule has 8 nitrogen and oxygen atoms in total. The SMILES string of the molecule is Cc1nnc(N2CC3CCC(C2)C3Nc2nc3n(n2)C(C(F)(F)F)CCC3c2cccc(C(F)(F)F)c2)o1. The van der Waals surface area contributed by atoms with E-state index in [2.05, 4.69) is 25.6 Å². The van der Waals surface area contributed by atoms with Crippen molar-refractivity contribution in [2.24, 2.45) is 11.8 Å². The highest BCUT2D eigenvalue weighted by molar-refractivity contribution is 5.37. The summed E-state index contributed by atoms with van der Waals surface area (Å²) >= 11 is 0. The Hall–Kier alpha value is -3.32. The molecule has 1 saturated heterocycles. The Morgan fingerprint density at radius 2 is 1.71 bits per heavy atom. The Balaban J connectivity index is 1.28. The van der Waals surface area contributed by atoms with Crippen molar-refractivity contribution in [2.75, 3.05) is 23.3 Å². The Kier molecular flexibility index (Phi) is 5.83. The van der Waals surface area contributed by atoms with E-state index < -0.39 is 29.9 Å². The Morgan fingerprint density at radius 3 is 2.34 bits per heavy atom. The lowest BCUT2D eigenvalue weighted by Gasteiger charge is -2.37. The zero-order valence-electron chi connectivity index (χ0n) is 20.3. The highest BCUT2D eigenvalue weighted by atomic mass is 19.4. The summed E-state index contributed by atoms with van der Waals surface area (Å²) in [6.07, 6.45) is -7.59. The molecule has 2 bridgehead atoms. The minimum absolute atomic E-state index is 0.0108. The molecule has 3 aliphatic rings. The number of piperidine rings is 1. The Labute approximate surface area is 213 Å². The molecule has 1 saturated carbocycles. The van der Waals surface area contributed by atoms with Crippen molar-refractivity contribution in [2.45, 2.75) is 63.0 Å².